The van der Waals surface area contributed by atoms with Crippen LogP contribution < -0.4 is 0 Å². The van der Waals surface area contributed by atoms with Crippen molar-refractivity contribution in [1.82, 2.24) is 0 Å². The molecule has 0 saturated heterocycles. The highest BCUT2D eigenvalue weighted by molar-refractivity contribution is 6.07. The number of benzene rings is 2. The van der Waals surface area contributed by atoms with E-state index < -0.39 is 20.7 Å². The van der Waals surface area contributed by atoms with Gasteiger partial charge in [-0.15, -0.1) is 0 Å². The van der Waals surface area contributed by atoms with E-state index in [0.717, 1.165) is 5.56 Å². The van der Waals surface area contributed by atoms with E-state index in [1.807, 2.05) is 0 Å². The smallest absolute Gasteiger partial charge is 0.273 e. The van der Waals surface area contributed by atoms with Crippen molar-refractivity contribution in [3.05, 3.63) is 79.9 Å². The zero-order valence-electron chi connectivity index (χ0n) is 20.0. The first-order valence-electron chi connectivity index (χ1n) is 11.5. The van der Waals surface area contributed by atoms with Gasteiger partial charge < -0.3 is 0 Å². The van der Waals surface area contributed by atoms with Crippen LogP contribution in [0.15, 0.2) is 48.5 Å². The summed E-state index contributed by atoms with van der Waals surface area (Å²) in [4.78, 5) is 67.2. The van der Waals surface area contributed by atoms with Gasteiger partial charge >= 0.3 is 0 Å². The molecule has 0 amide bonds. The molecule has 10 heteroatoms. The van der Waals surface area contributed by atoms with Crippen LogP contribution in [-0.4, -0.2) is 33.0 Å². The summed E-state index contributed by atoms with van der Waals surface area (Å²) in [6, 6.07) is 12.2. The molecule has 2 unspecified atom stereocenters. The fourth-order valence-electron chi connectivity index (χ4n) is 4.62. The van der Waals surface area contributed by atoms with Gasteiger partial charge in [-0.2, -0.15) is 0 Å². The predicted octanol–water partition coefficient (Wildman–Crippen LogP) is 4.35. The Balaban J connectivity index is 0.000000201. The van der Waals surface area contributed by atoms with Crippen molar-refractivity contribution in [3.63, 3.8) is 0 Å². The normalized spacial score (nSPS) is 24.1. The lowest BCUT2D eigenvalue weighted by Gasteiger charge is -2.31. The van der Waals surface area contributed by atoms with Crippen LogP contribution >= 0.6 is 0 Å². The second kappa shape index (κ2) is 10.3. The van der Waals surface area contributed by atoms with Crippen LogP contribution in [0.4, 0.5) is 11.4 Å². The van der Waals surface area contributed by atoms with Gasteiger partial charge in [0.05, 0.1) is 33.5 Å². The Labute approximate surface area is 207 Å². The second-order valence-electron chi connectivity index (χ2n) is 9.52. The molecule has 0 radical (unpaired) electrons. The first-order valence-corrected chi connectivity index (χ1v) is 11.5. The molecule has 0 spiro atoms. The molecule has 2 fully saturated rings. The van der Waals surface area contributed by atoms with Crippen LogP contribution in [0.3, 0.4) is 0 Å². The number of para-hydroxylation sites is 1. The highest BCUT2D eigenvalue weighted by Gasteiger charge is 2.43. The van der Waals surface area contributed by atoms with Gasteiger partial charge in [0.25, 0.3) is 11.4 Å². The number of nitro groups is 2. The average molecular weight is 495 g/mol. The number of nitrogens with zero attached hydrogens (tertiary/aromatic N) is 2. The van der Waals surface area contributed by atoms with Gasteiger partial charge in [-0.1, -0.05) is 30.3 Å². The van der Waals surface area contributed by atoms with E-state index in [0.29, 0.717) is 31.2 Å². The molecule has 2 aromatic carbocycles. The molecule has 2 aromatic rings. The van der Waals surface area contributed by atoms with E-state index >= 15 is 0 Å². The maximum absolute atomic E-state index is 12.1. The molecule has 0 heterocycles. The first-order chi connectivity index (χ1) is 16.9. The van der Waals surface area contributed by atoms with Gasteiger partial charge in [-0.3, -0.25) is 39.4 Å². The van der Waals surface area contributed by atoms with E-state index in [-0.39, 0.29) is 47.3 Å². The molecule has 0 aromatic heterocycles. The molecule has 188 valence electrons. The molecule has 2 atom stereocenters. The van der Waals surface area contributed by atoms with Crippen LogP contribution in [-0.2, 0) is 30.0 Å². The third-order valence-corrected chi connectivity index (χ3v) is 7.16. The molecule has 4 rings (SSSR count). The molecule has 0 bridgehead atoms. The summed E-state index contributed by atoms with van der Waals surface area (Å²) in [5, 5.41) is 21.6. The molecule has 0 N–H and O–H groups in total. The lowest BCUT2D eigenvalue weighted by atomic mass is 9.69. The molecule has 0 aliphatic heterocycles. The van der Waals surface area contributed by atoms with Crippen molar-refractivity contribution in [3.8, 4) is 0 Å². The highest BCUT2D eigenvalue weighted by atomic mass is 16.6. The van der Waals surface area contributed by atoms with Crippen molar-refractivity contribution in [2.75, 3.05) is 0 Å². The van der Waals surface area contributed by atoms with Crippen molar-refractivity contribution < 1.29 is 29.0 Å². The van der Waals surface area contributed by atoms with Crippen LogP contribution in [0.2, 0.25) is 0 Å². The Morgan fingerprint density at radius 2 is 1.19 bits per heavy atom. The number of Topliss-reactive ketones (excluding diaryl/α,β-unsaturated/α-hetero) is 4. The van der Waals surface area contributed by atoms with Crippen LogP contribution in [0, 0.1) is 20.2 Å². The van der Waals surface area contributed by atoms with Gasteiger partial charge in [0, 0.05) is 36.6 Å². The summed E-state index contributed by atoms with van der Waals surface area (Å²) in [5.74, 6) is -0.448. The fraction of sp³-hybridized carbons (Fsp3) is 0.385. The van der Waals surface area contributed by atoms with Gasteiger partial charge in [0.2, 0.25) is 0 Å². The lowest BCUT2D eigenvalue weighted by Crippen LogP contribution is -2.39. The highest BCUT2D eigenvalue weighted by Crippen LogP contribution is 2.39. The molecule has 36 heavy (non-hydrogen) atoms. The molecule has 10 nitrogen and oxygen atoms in total. The summed E-state index contributed by atoms with van der Waals surface area (Å²) in [6.07, 6.45) is 1.35. The van der Waals surface area contributed by atoms with E-state index in [1.54, 1.807) is 44.2 Å². The molecule has 2 aliphatic rings. The Morgan fingerprint density at radius 3 is 1.67 bits per heavy atom. The number of carbonyl (C=O) groups excluding carboxylic acids is 4. The largest absolute Gasteiger partial charge is 0.299 e. The molecule has 2 aliphatic carbocycles. The molecule has 2 saturated carbocycles. The van der Waals surface area contributed by atoms with E-state index in [1.165, 1.54) is 18.2 Å². The SMILES string of the molecule is CC1(c2ccc([N+](=O)[O-])cc2)CCC(=O)CC1=O.CC1(c2ccccc2[N+](=O)[O-])CCC(=O)CC1=O. The minimum atomic E-state index is -0.919. The van der Waals surface area contributed by atoms with E-state index in [2.05, 4.69) is 0 Å². The van der Waals surface area contributed by atoms with Crippen molar-refractivity contribution in [2.45, 2.75) is 63.2 Å². The third kappa shape index (κ3) is 5.27. The van der Waals surface area contributed by atoms with Crippen molar-refractivity contribution >= 4 is 34.5 Å². The van der Waals surface area contributed by atoms with Crippen molar-refractivity contribution in [2.24, 2.45) is 0 Å². The number of hydrogen-bond donors (Lipinski definition) is 0. The monoisotopic (exact) mass is 494 g/mol. The summed E-state index contributed by atoms with van der Waals surface area (Å²) in [6.45, 7) is 3.48. The minimum Gasteiger partial charge on any atom is -0.299 e. The Morgan fingerprint density at radius 1 is 0.694 bits per heavy atom. The minimum absolute atomic E-state index is 0.00156. The Hall–Kier alpha value is -4.08. The third-order valence-electron chi connectivity index (χ3n) is 7.16. The Kier molecular flexibility index (Phi) is 7.57. The zero-order chi connectivity index (χ0) is 26.7. The maximum Gasteiger partial charge on any atom is 0.273 e. The topological polar surface area (TPSA) is 155 Å². The van der Waals surface area contributed by atoms with Crippen LogP contribution in [0.5, 0.6) is 0 Å². The Bertz CT molecular complexity index is 1250. The quantitative estimate of drug-likeness (QED) is 0.345. The van der Waals surface area contributed by atoms with Crippen LogP contribution in [0.25, 0.3) is 0 Å². The first kappa shape index (κ1) is 26.5. The zero-order valence-corrected chi connectivity index (χ0v) is 20.0. The number of rotatable bonds is 4. The van der Waals surface area contributed by atoms with Gasteiger partial charge in [-0.05, 0) is 32.3 Å². The summed E-state index contributed by atoms with van der Waals surface area (Å²) in [5.41, 5.74) is -0.511. The number of non-ortho nitro benzene ring substituents is 1. The fourth-order valence-corrected chi connectivity index (χ4v) is 4.62. The van der Waals surface area contributed by atoms with E-state index in [9.17, 15) is 39.4 Å². The van der Waals surface area contributed by atoms with Gasteiger partial charge in [-0.25, -0.2) is 0 Å². The van der Waals surface area contributed by atoms with Crippen LogP contribution in [0.1, 0.15) is 63.5 Å². The van der Waals surface area contributed by atoms with E-state index in [4.69, 9.17) is 0 Å². The lowest BCUT2D eigenvalue weighted by molar-refractivity contribution is -0.386. The average Bonchev–Trinajstić information content (AvgIpc) is 2.85. The standard InChI is InChI=1S/2C13H13NO4/c1-13(7-6-11(15)8-12(13)16)9-2-4-10(5-3-9)14(17)18;1-13(7-6-9(15)8-12(13)16)10-4-2-3-5-11(10)14(17)18/h2*2-5H,6-8H2,1H3. The number of hydrogen-bond acceptors (Lipinski definition) is 8. The summed E-state index contributed by atoms with van der Waals surface area (Å²) in [7, 11) is 0. The number of ketones is 4. The predicted molar refractivity (Wildman–Crippen MR) is 129 cm³/mol. The maximum atomic E-state index is 12.1. The van der Waals surface area contributed by atoms with Gasteiger partial charge in [0.1, 0.15) is 17.3 Å². The number of nitro benzene ring substituents is 2. The molecular weight excluding hydrogens is 468 g/mol. The van der Waals surface area contributed by atoms with Crippen molar-refractivity contribution in [1.29, 1.82) is 0 Å². The number of carbonyl (C=O) groups is 4. The summed E-state index contributed by atoms with van der Waals surface area (Å²) >= 11 is 0. The second-order valence-corrected chi connectivity index (χ2v) is 9.52. The summed E-state index contributed by atoms with van der Waals surface area (Å²) < 4.78 is 0. The molecular formula is C26H26N2O8. The van der Waals surface area contributed by atoms with Gasteiger partial charge in [0.15, 0.2) is 5.78 Å².